The number of ether oxygens (including phenoxy) is 1. The van der Waals surface area contributed by atoms with E-state index in [4.69, 9.17) is 9.15 Å². The first-order valence-corrected chi connectivity index (χ1v) is 6.84. The molecule has 104 valence electrons. The summed E-state index contributed by atoms with van der Waals surface area (Å²) in [4.78, 5) is 0. The second-order valence-electron chi connectivity index (χ2n) is 5.26. The smallest absolute Gasteiger partial charge is 0.137 e. The monoisotopic (exact) mass is 261 g/mol. The van der Waals surface area contributed by atoms with Gasteiger partial charge < -0.3 is 14.5 Å². The van der Waals surface area contributed by atoms with Crippen LogP contribution in [0, 0.1) is 6.92 Å². The number of hydrogen-bond donors (Lipinski definition) is 1. The summed E-state index contributed by atoms with van der Waals surface area (Å²) >= 11 is 0. The lowest BCUT2D eigenvalue weighted by molar-refractivity contribution is 0.199. The molecule has 0 radical (unpaired) electrons. The van der Waals surface area contributed by atoms with Crippen molar-refractivity contribution in [3.8, 4) is 0 Å². The Labute approximate surface area is 114 Å². The van der Waals surface area contributed by atoms with Crippen molar-refractivity contribution < 1.29 is 9.15 Å². The molecule has 0 fully saturated rings. The highest BCUT2D eigenvalue weighted by molar-refractivity contribution is 5.87. The molecular weight excluding hydrogens is 238 g/mol. The third-order valence-electron chi connectivity index (χ3n) is 3.45. The quantitative estimate of drug-likeness (QED) is 0.807. The van der Waals surface area contributed by atoms with Crippen molar-refractivity contribution in [2.24, 2.45) is 0 Å². The van der Waals surface area contributed by atoms with E-state index in [1.807, 2.05) is 6.26 Å². The first kappa shape index (κ1) is 14.1. The fraction of sp³-hybridized carbons (Fsp3) is 0.500. The summed E-state index contributed by atoms with van der Waals surface area (Å²) in [5.41, 5.74) is 4.81. The Morgan fingerprint density at radius 1 is 1.32 bits per heavy atom. The van der Waals surface area contributed by atoms with Gasteiger partial charge in [-0.1, -0.05) is 26.0 Å². The third-order valence-corrected chi connectivity index (χ3v) is 3.45. The number of benzene rings is 1. The summed E-state index contributed by atoms with van der Waals surface area (Å²) in [5, 5.41) is 4.66. The van der Waals surface area contributed by atoms with E-state index in [0.29, 0.717) is 5.92 Å². The first-order chi connectivity index (χ1) is 9.15. The van der Waals surface area contributed by atoms with Gasteiger partial charge in [-0.25, -0.2) is 0 Å². The SMILES string of the molecule is COCCNCc1coc2c(C)ccc(C(C)C)c12. The summed E-state index contributed by atoms with van der Waals surface area (Å²) < 4.78 is 10.8. The predicted octanol–water partition coefficient (Wildman–Crippen LogP) is 3.60. The lowest BCUT2D eigenvalue weighted by atomic mass is 9.95. The van der Waals surface area contributed by atoms with E-state index >= 15 is 0 Å². The zero-order chi connectivity index (χ0) is 13.8. The molecule has 0 saturated heterocycles. The van der Waals surface area contributed by atoms with Crippen molar-refractivity contribution in [2.45, 2.75) is 33.2 Å². The Kier molecular flexibility index (Phi) is 4.61. The van der Waals surface area contributed by atoms with Crippen LogP contribution in [0.25, 0.3) is 11.0 Å². The molecule has 0 bridgehead atoms. The molecule has 1 heterocycles. The maximum atomic E-state index is 5.76. The number of rotatable bonds is 6. The van der Waals surface area contributed by atoms with Crippen molar-refractivity contribution in [3.63, 3.8) is 0 Å². The van der Waals surface area contributed by atoms with E-state index in [1.54, 1.807) is 7.11 Å². The van der Waals surface area contributed by atoms with Crippen molar-refractivity contribution in [3.05, 3.63) is 35.1 Å². The Bertz CT molecular complexity index is 543. The Balaban J connectivity index is 2.31. The molecule has 0 unspecified atom stereocenters. The fourth-order valence-corrected chi connectivity index (χ4v) is 2.38. The van der Waals surface area contributed by atoms with Crippen molar-refractivity contribution in [2.75, 3.05) is 20.3 Å². The molecule has 0 spiro atoms. The van der Waals surface area contributed by atoms with E-state index in [0.717, 1.165) is 25.3 Å². The third kappa shape index (κ3) is 2.99. The van der Waals surface area contributed by atoms with E-state index in [2.05, 4.69) is 38.2 Å². The number of aryl methyl sites for hydroxylation is 1. The Morgan fingerprint density at radius 2 is 2.11 bits per heavy atom. The molecule has 2 aromatic rings. The van der Waals surface area contributed by atoms with Crippen LogP contribution in [0.5, 0.6) is 0 Å². The lowest BCUT2D eigenvalue weighted by Gasteiger charge is -2.10. The van der Waals surface area contributed by atoms with E-state index < -0.39 is 0 Å². The molecular formula is C16H23NO2. The summed E-state index contributed by atoms with van der Waals surface area (Å²) in [6.45, 7) is 8.94. The van der Waals surface area contributed by atoms with Gasteiger partial charge in [0.25, 0.3) is 0 Å². The van der Waals surface area contributed by atoms with Gasteiger partial charge in [0.15, 0.2) is 0 Å². The highest BCUT2D eigenvalue weighted by Gasteiger charge is 2.14. The van der Waals surface area contributed by atoms with Gasteiger partial charge in [-0.15, -0.1) is 0 Å². The largest absolute Gasteiger partial charge is 0.464 e. The molecule has 0 amide bonds. The topological polar surface area (TPSA) is 34.4 Å². The van der Waals surface area contributed by atoms with Gasteiger partial charge in [0.2, 0.25) is 0 Å². The van der Waals surface area contributed by atoms with Crippen LogP contribution in [0.2, 0.25) is 0 Å². The minimum atomic E-state index is 0.499. The number of fused-ring (bicyclic) bond motifs is 1. The number of methoxy groups -OCH3 is 1. The fourth-order valence-electron chi connectivity index (χ4n) is 2.38. The summed E-state index contributed by atoms with van der Waals surface area (Å²) in [5.74, 6) is 0.499. The lowest BCUT2D eigenvalue weighted by Crippen LogP contribution is -2.18. The Hall–Kier alpha value is -1.32. The molecule has 0 aliphatic carbocycles. The molecule has 1 aromatic heterocycles. The second-order valence-corrected chi connectivity index (χ2v) is 5.26. The normalized spacial score (nSPS) is 11.6. The summed E-state index contributed by atoms with van der Waals surface area (Å²) in [6, 6.07) is 4.36. The molecule has 0 aliphatic heterocycles. The highest BCUT2D eigenvalue weighted by atomic mass is 16.5. The van der Waals surface area contributed by atoms with Gasteiger partial charge >= 0.3 is 0 Å². The van der Waals surface area contributed by atoms with E-state index in [9.17, 15) is 0 Å². The van der Waals surface area contributed by atoms with Crippen LogP contribution in [0.1, 0.15) is 36.5 Å². The van der Waals surface area contributed by atoms with Crippen LogP contribution in [0.4, 0.5) is 0 Å². The second kappa shape index (κ2) is 6.22. The first-order valence-electron chi connectivity index (χ1n) is 6.84. The minimum Gasteiger partial charge on any atom is -0.464 e. The molecule has 0 atom stereocenters. The molecule has 0 saturated carbocycles. The highest BCUT2D eigenvalue weighted by Crippen LogP contribution is 2.32. The van der Waals surface area contributed by atoms with Crippen molar-refractivity contribution >= 4 is 11.0 Å². The predicted molar refractivity (Wildman–Crippen MR) is 78.6 cm³/mol. The van der Waals surface area contributed by atoms with Crippen LogP contribution in [-0.2, 0) is 11.3 Å². The van der Waals surface area contributed by atoms with Crippen LogP contribution >= 0.6 is 0 Å². The molecule has 3 nitrogen and oxygen atoms in total. The van der Waals surface area contributed by atoms with Crippen LogP contribution in [0.15, 0.2) is 22.8 Å². The summed E-state index contributed by atoms with van der Waals surface area (Å²) in [7, 11) is 1.72. The average molecular weight is 261 g/mol. The van der Waals surface area contributed by atoms with Gasteiger partial charge in [0.1, 0.15) is 5.58 Å². The Morgan fingerprint density at radius 3 is 2.79 bits per heavy atom. The summed E-state index contributed by atoms with van der Waals surface area (Å²) in [6.07, 6.45) is 1.88. The number of nitrogens with one attached hydrogen (secondary N) is 1. The van der Waals surface area contributed by atoms with Gasteiger partial charge in [-0.3, -0.25) is 0 Å². The zero-order valence-corrected chi connectivity index (χ0v) is 12.2. The molecule has 1 aromatic carbocycles. The zero-order valence-electron chi connectivity index (χ0n) is 12.2. The number of furan rings is 1. The molecule has 0 aliphatic rings. The number of hydrogen-bond acceptors (Lipinski definition) is 3. The molecule has 2 rings (SSSR count). The molecule has 19 heavy (non-hydrogen) atoms. The van der Waals surface area contributed by atoms with Gasteiger partial charge in [-0.05, 0) is 24.0 Å². The van der Waals surface area contributed by atoms with Crippen LogP contribution < -0.4 is 5.32 Å². The standard InChI is InChI=1S/C16H23NO2/c1-11(2)14-6-5-12(3)16-15(14)13(10-19-16)9-17-7-8-18-4/h5-6,10-11,17H,7-9H2,1-4H3. The van der Waals surface area contributed by atoms with Crippen LogP contribution in [0.3, 0.4) is 0 Å². The van der Waals surface area contributed by atoms with Gasteiger partial charge in [-0.2, -0.15) is 0 Å². The van der Waals surface area contributed by atoms with E-state index in [1.165, 1.54) is 22.1 Å². The molecule has 3 heteroatoms. The van der Waals surface area contributed by atoms with Crippen molar-refractivity contribution in [1.82, 2.24) is 5.32 Å². The van der Waals surface area contributed by atoms with Gasteiger partial charge in [0.05, 0.1) is 12.9 Å². The van der Waals surface area contributed by atoms with Crippen molar-refractivity contribution in [1.29, 1.82) is 0 Å². The average Bonchev–Trinajstić information content (AvgIpc) is 2.80. The maximum absolute atomic E-state index is 5.76. The molecule has 1 N–H and O–H groups in total. The van der Waals surface area contributed by atoms with E-state index in [-0.39, 0.29) is 0 Å². The van der Waals surface area contributed by atoms with Crippen LogP contribution in [-0.4, -0.2) is 20.3 Å². The minimum absolute atomic E-state index is 0.499. The van der Waals surface area contributed by atoms with Gasteiger partial charge in [0, 0.05) is 31.1 Å². The maximum Gasteiger partial charge on any atom is 0.137 e.